The number of nitrogens with zero attached hydrogens (tertiary/aromatic N) is 2. The number of fused-ring (bicyclic) bond motifs is 1. The van der Waals surface area contributed by atoms with Crippen LogP contribution in [0.2, 0.25) is 0 Å². The number of aryl methyl sites for hydroxylation is 1. The van der Waals surface area contributed by atoms with E-state index in [0.717, 1.165) is 21.8 Å². The molecule has 1 N–H and O–H groups in total. The molecule has 0 spiro atoms. The summed E-state index contributed by atoms with van der Waals surface area (Å²) in [4.78, 5) is 28.5. The lowest BCUT2D eigenvalue weighted by Crippen LogP contribution is -2.35. The van der Waals surface area contributed by atoms with Gasteiger partial charge in [-0.1, -0.05) is 0 Å². The first-order valence-corrected chi connectivity index (χ1v) is 7.01. The van der Waals surface area contributed by atoms with E-state index >= 15 is 0 Å². The summed E-state index contributed by atoms with van der Waals surface area (Å²) in [6.45, 7) is 0.0617. The number of halogens is 4. The highest BCUT2D eigenvalue weighted by Gasteiger charge is 2.29. The molecule has 1 amide bonds. The Morgan fingerprint density at radius 2 is 2.19 bits per heavy atom. The third-order valence-corrected chi connectivity index (χ3v) is 3.77. The van der Waals surface area contributed by atoms with Crippen molar-refractivity contribution in [3.8, 4) is 0 Å². The van der Waals surface area contributed by atoms with Gasteiger partial charge in [0, 0.05) is 10.9 Å². The topological polar surface area (TPSA) is 63.5 Å². The zero-order chi connectivity index (χ0) is 15.8. The number of alkyl halides is 4. The van der Waals surface area contributed by atoms with E-state index in [1.165, 1.54) is 6.92 Å². The quantitative estimate of drug-likeness (QED) is 0.871. The van der Waals surface area contributed by atoms with Gasteiger partial charge < -0.3 is 5.32 Å². The van der Waals surface area contributed by atoms with Gasteiger partial charge in [-0.05, 0) is 6.92 Å². The normalized spacial score (nSPS) is 11.9. The van der Waals surface area contributed by atoms with Gasteiger partial charge in [0.05, 0.1) is 11.6 Å². The molecule has 114 valence electrons. The SMILES string of the molecule is Cc1sc2nc(CCl)cc(=O)n2c1C(=O)NCC(F)(F)F. The number of aromatic nitrogens is 2. The van der Waals surface area contributed by atoms with Gasteiger partial charge in [-0.25, -0.2) is 9.38 Å². The fourth-order valence-corrected chi connectivity index (χ4v) is 2.84. The molecule has 0 aliphatic heterocycles. The van der Waals surface area contributed by atoms with Gasteiger partial charge in [0.1, 0.15) is 12.2 Å². The van der Waals surface area contributed by atoms with E-state index in [0.29, 0.717) is 10.6 Å². The van der Waals surface area contributed by atoms with Crippen molar-refractivity contribution in [1.82, 2.24) is 14.7 Å². The van der Waals surface area contributed by atoms with Crippen LogP contribution >= 0.6 is 22.9 Å². The molecule has 0 atom stereocenters. The highest BCUT2D eigenvalue weighted by molar-refractivity contribution is 7.17. The largest absolute Gasteiger partial charge is 0.405 e. The minimum absolute atomic E-state index is 0.0261. The van der Waals surface area contributed by atoms with Gasteiger partial charge in [0.25, 0.3) is 11.5 Å². The number of hydrogen-bond acceptors (Lipinski definition) is 4. The number of hydrogen-bond donors (Lipinski definition) is 1. The maximum Gasteiger partial charge on any atom is 0.405 e. The molecular formula is C11H9ClF3N3O2S. The molecule has 2 aromatic rings. The summed E-state index contributed by atoms with van der Waals surface area (Å²) in [6, 6.07) is 1.15. The summed E-state index contributed by atoms with van der Waals surface area (Å²) in [5, 5.41) is 1.74. The van der Waals surface area contributed by atoms with Crippen molar-refractivity contribution in [2.24, 2.45) is 0 Å². The van der Waals surface area contributed by atoms with Crippen molar-refractivity contribution in [2.75, 3.05) is 6.54 Å². The lowest BCUT2D eigenvalue weighted by molar-refractivity contribution is -0.123. The first-order valence-electron chi connectivity index (χ1n) is 5.66. The second-order valence-electron chi connectivity index (χ2n) is 4.14. The molecule has 0 bridgehead atoms. The van der Waals surface area contributed by atoms with Crippen molar-refractivity contribution >= 4 is 33.8 Å². The summed E-state index contributed by atoms with van der Waals surface area (Å²) >= 11 is 6.63. The highest BCUT2D eigenvalue weighted by Crippen LogP contribution is 2.20. The van der Waals surface area contributed by atoms with Crippen molar-refractivity contribution in [2.45, 2.75) is 19.0 Å². The standard InChI is InChI=1S/C11H9ClF3N3O2S/c1-5-8(9(20)16-4-11(13,14)15)18-7(19)2-6(3-12)17-10(18)21-5/h2H,3-4H2,1H3,(H,16,20). The molecule has 0 saturated carbocycles. The lowest BCUT2D eigenvalue weighted by atomic mass is 10.3. The van der Waals surface area contributed by atoms with E-state index in [1.54, 1.807) is 5.32 Å². The molecule has 0 saturated heterocycles. The average Bonchev–Trinajstić information content (AvgIpc) is 2.71. The fourth-order valence-electron chi connectivity index (χ4n) is 1.72. The zero-order valence-electron chi connectivity index (χ0n) is 10.6. The van der Waals surface area contributed by atoms with Gasteiger partial charge in [-0.15, -0.1) is 22.9 Å². The summed E-state index contributed by atoms with van der Waals surface area (Å²) in [6.07, 6.45) is -4.52. The minimum atomic E-state index is -4.52. The van der Waals surface area contributed by atoms with Crippen LogP contribution in [-0.4, -0.2) is 28.0 Å². The molecule has 2 aromatic heterocycles. The second kappa shape index (κ2) is 5.64. The second-order valence-corrected chi connectivity index (χ2v) is 5.59. The Morgan fingerprint density at radius 3 is 2.76 bits per heavy atom. The van der Waals surface area contributed by atoms with Gasteiger partial charge in [0.2, 0.25) is 0 Å². The number of thiazole rings is 1. The van der Waals surface area contributed by atoms with Crippen LogP contribution in [0.25, 0.3) is 4.96 Å². The predicted molar refractivity (Wildman–Crippen MR) is 72.0 cm³/mol. The summed E-state index contributed by atoms with van der Waals surface area (Å²) < 4.78 is 37.4. The van der Waals surface area contributed by atoms with Crippen LogP contribution in [0.3, 0.4) is 0 Å². The van der Waals surface area contributed by atoms with Crippen molar-refractivity contribution in [3.63, 3.8) is 0 Å². The Labute approximate surface area is 125 Å². The van der Waals surface area contributed by atoms with Gasteiger partial charge in [-0.3, -0.25) is 9.59 Å². The molecular weight excluding hydrogens is 331 g/mol. The number of carbonyl (C=O) groups is 1. The smallest absolute Gasteiger partial charge is 0.342 e. The summed E-state index contributed by atoms with van der Waals surface area (Å²) in [5.41, 5.74) is -0.361. The Morgan fingerprint density at radius 1 is 1.52 bits per heavy atom. The fraction of sp³-hybridized carbons (Fsp3) is 0.364. The monoisotopic (exact) mass is 339 g/mol. The number of carbonyl (C=O) groups excluding carboxylic acids is 1. The van der Waals surface area contributed by atoms with Crippen LogP contribution in [0, 0.1) is 6.92 Å². The molecule has 0 aliphatic carbocycles. The van der Waals surface area contributed by atoms with E-state index in [-0.39, 0.29) is 16.5 Å². The molecule has 21 heavy (non-hydrogen) atoms. The molecule has 0 fully saturated rings. The van der Waals surface area contributed by atoms with Crippen molar-refractivity contribution in [1.29, 1.82) is 0 Å². The van der Waals surface area contributed by atoms with E-state index in [1.807, 2.05) is 0 Å². The first kappa shape index (κ1) is 15.8. The minimum Gasteiger partial charge on any atom is -0.342 e. The molecule has 2 heterocycles. The van der Waals surface area contributed by atoms with Gasteiger partial charge >= 0.3 is 6.18 Å². The summed E-state index contributed by atoms with van der Waals surface area (Å²) in [5.74, 6) is -0.947. The Kier molecular flexibility index (Phi) is 4.24. The van der Waals surface area contributed by atoms with E-state index in [4.69, 9.17) is 11.6 Å². The number of amides is 1. The average molecular weight is 340 g/mol. The Balaban J connectivity index is 2.47. The third-order valence-electron chi connectivity index (χ3n) is 2.54. The molecule has 10 heteroatoms. The van der Waals surface area contributed by atoms with Gasteiger partial charge in [0.15, 0.2) is 4.96 Å². The molecule has 0 aliphatic rings. The third kappa shape index (κ3) is 3.35. The maximum absolute atomic E-state index is 12.1. The summed E-state index contributed by atoms with van der Waals surface area (Å²) in [7, 11) is 0. The molecule has 2 rings (SSSR count). The van der Waals surface area contributed by atoms with E-state index in [9.17, 15) is 22.8 Å². The Hall–Kier alpha value is -1.61. The van der Waals surface area contributed by atoms with E-state index < -0.39 is 24.2 Å². The first-order chi connectivity index (χ1) is 9.73. The maximum atomic E-state index is 12.1. The van der Waals surface area contributed by atoms with Crippen molar-refractivity contribution < 1.29 is 18.0 Å². The molecule has 0 aromatic carbocycles. The highest BCUT2D eigenvalue weighted by atomic mass is 35.5. The van der Waals surface area contributed by atoms with Crippen LogP contribution < -0.4 is 10.9 Å². The van der Waals surface area contributed by atoms with Crippen LogP contribution in [0.5, 0.6) is 0 Å². The van der Waals surface area contributed by atoms with Crippen LogP contribution in [0.4, 0.5) is 13.2 Å². The van der Waals surface area contributed by atoms with Crippen molar-refractivity contribution in [3.05, 3.63) is 32.7 Å². The molecule has 0 unspecified atom stereocenters. The van der Waals surface area contributed by atoms with E-state index in [2.05, 4.69) is 4.98 Å². The Bertz CT molecular complexity index is 753. The van der Waals surface area contributed by atoms with Crippen LogP contribution in [0.15, 0.2) is 10.9 Å². The van der Waals surface area contributed by atoms with Gasteiger partial charge in [-0.2, -0.15) is 13.2 Å². The number of rotatable bonds is 3. The molecule has 5 nitrogen and oxygen atoms in total. The molecule has 0 radical (unpaired) electrons. The number of nitrogens with one attached hydrogen (secondary N) is 1. The predicted octanol–water partition coefficient (Wildman–Crippen LogP) is 2.10. The zero-order valence-corrected chi connectivity index (χ0v) is 12.2. The van der Waals surface area contributed by atoms with Crippen LogP contribution in [0.1, 0.15) is 21.1 Å². The van der Waals surface area contributed by atoms with Crippen LogP contribution in [-0.2, 0) is 5.88 Å². The lowest BCUT2D eigenvalue weighted by Gasteiger charge is -2.08.